The van der Waals surface area contributed by atoms with Gasteiger partial charge in [-0.15, -0.1) is 0 Å². The summed E-state index contributed by atoms with van der Waals surface area (Å²) >= 11 is 0. The minimum Gasteiger partial charge on any atom is -0.273 e. The lowest BCUT2D eigenvalue weighted by molar-refractivity contribution is -0.118. The average molecular weight is 295 g/mol. The van der Waals surface area contributed by atoms with E-state index in [1.165, 1.54) is 12.1 Å². The van der Waals surface area contributed by atoms with Crippen molar-refractivity contribution in [1.29, 1.82) is 0 Å². The van der Waals surface area contributed by atoms with Gasteiger partial charge in [0.2, 0.25) is 5.91 Å². The lowest BCUT2D eigenvalue weighted by Gasteiger charge is -2.07. The van der Waals surface area contributed by atoms with Crippen molar-refractivity contribution in [3.8, 4) is 0 Å². The number of fused-ring (bicyclic) bond motifs is 1. The maximum atomic E-state index is 12.9. The number of hydrogen-bond donors (Lipinski definition) is 1. The molecule has 2 aromatic carbocycles. The molecule has 5 heteroatoms. The van der Waals surface area contributed by atoms with E-state index in [1.807, 2.05) is 24.3 Å². The number of hydrogen-bond acceptors (Lipinski definition) is 2. The van der Waals surface area contributed by atoms with Gasteiger partial charge in [0.15, 0.2) is 0 Å². The number of halogens is 1. The lowest BCUT2D eigenvalue weighted by atomic mass is 10.1. The second-order valence-corrected chi connectivity index (χ2v) is 5.58. The van der Waals surface area contributed by atoms with Gasteiger partial charge in [-0.05, 0) is 42.2 Å². The van der Waals surface area contributed by atoms with Crippen molar-refractivity contribution in [1.82, 2.24) is 9.66 Å². The number of nitrogens with one attached hydrogen (secondary N) is 1. The fraction of sp³-hybridized carbons (Fsp3) is 0.176. The quantitative estimate of drug-likeness (QED) is 0.807. The third kappa shape index (κ3) is 2.24. The third-order valence-corrected chi connectivity index (χ3v) is 4.11. The maximum absolute atomic E-state index is 12.9. The van der Waals surface area contributed by atoms with Crippen LogP contribution < -0.4 is 5.43 Å². The molecular weight excluding hydrogens is 281 g/mol. The largest absolute Gasteiger partial charge is 0.273 e. The molecule has 4 nitrogen and oxygen atoms in total. The van der Waals surface area contributed by atoms with Crippen LogP contribution in [0.5, 0.6) is 0 Å². The number of carbonyl (C=O) groups is 1. The molecule has 1 saturated carbocycles. The summed E-state index contributed by atoms with van der Waals surface area (Å²) in [5.74, 6) is -0.172. The molecule has 2 unspecified atom stereocenters. The van der Waals surface area contributed by atoms with E-state index < -0.39 is 0 Å². The average Bonchev–Trinajstić information content (AvgIpc) is 3.24. The summed E-state index contributed by atoms with van der Waals surface area (Å²) in [7, 11) is 0. The first-order valence-electron chi connectivity index (χ1n) is 7.21. The zero-order chi connectivity index (χ0) is 15.1. The molecule has 0 aliphatic heterocycles. The highest BCUT2D eigenvalue weighted by atomic mass is 19.1. The SMILES string of the molecule is O=C(Nn1cnc2ccccc21)C1CC1c1ccc(F)cc1. The zero-order valence-corrected chi connectivity index (χ0v) is 11.7. The number of aromatic nitrogens is 2. The molecule has 1 aliphatic rings. The lowest BCUT2D eigenvalue weighted by Crippen LogP contribution is -2.23. The van der Waals surface area contributed by atoms with Gasteiger partial charge in [0.25, 0.3) is 0 Å². The van der Waals surface area contributed by atoms with Crippen LogP contribution >= 0.6 is 0 Å². The molecule has 1 fully saturated rings. The normalized spacial score (nSPS) is 20.0. The fourth-order valence-electron chi connectivity index (χ4n) is 2.81. The number of nitrogens with zero attached hydrogens (tertiary/aromatic N) is 2. The molecule has 22 heavy (non-hydrogen) atoms. The Bertz CT molecular complexity index is 840. The van der Waals surface area contributed by atoms with Gasteiger partial charge < -0.3 is 0 Å². The minimum absolute atomic E-state index is 0.0301. The Morgan fingerprint density at radius 3 is 2.77 bits per heavy atom. The van der Waals surface area contributed by atoms with Crippen LogP contribution in [0.3, 0.4) is 0 Å². The van der Waals surface area contributed by atoms with E-state index in [0.29, 0.717) is 0 Å². The first kappa shape index (κ1) is 13.0. The van der Waals surface area contributed by atoms with E-state index in [2.05, 4.69) is 10.4 Å². The monoisotopic (exact) mass is 295 g/mol. The highest BCUT2D eigenvalue weighted by Crippen LogP contribution is 2.47. The van der Waals surface area contributed by atoms with Gasteiger partial charge in [-0.25, -0.2) is 14.1 Å². The molecule has 110 valence electrons. The predicted octanol–water partition coefficient (Wildman–Crippen LogP) is 3.05. The van der Waals surface area contributed by atoms with Crippen LogP contribution in [0.15, 0.2) is 54.9 Å². The Kier molecular flexibility index (Phi) is 2.92. The van der Waals surface area contributed by atoms with Crippen LogP contribution in [0.1, 0.15) is 17.9 Å². The number of carbonyl (C=O) groups excluding carboxylic acids is 1. The highest BCUT2D eigenvalue weighted by molar-refractivity contribution is 5.91. The van der Waals surface area contributed by atoms with Crippen molar-refractivity contribution in [2.75, 3.05) is 5.43 Å². The van der Waals surface area contributed by atoms with Crippen LogP contribution in [-0.2, 0) is 4.79 Å². The molecule has 2 atom stereocenters. The van der Waals surface area contributed by atoms with Gasteiger partial charge in [-0.3, -0.25) is 10.2 Å². The molecule has 0 radical (unpaired) electrons. The summed E-state index contributed by atoms with van der Waals surface area (Å²) in [6.45, 7) is 0. The number of imidazole rings is 1. The standard InChI is InChI=1S/C17H14FN3O/c18-12-7-5-11(6-8-12)13-9-14(13)17(22)20-21-10-19-15-3-1-2-4-16(15)21/h1-8,10,13-14H,9H2,(H,20,22). The Morgan fingerprint density at radius 2 is 1.95 bits per heavy atom. The van der Waals surface area contributed by atoms with Crippen LogP contribution in [0.2, 0.25) is 0 Å². The second-order valence-electron chi connectivity index (χ2n) is 5.58. The molecule has 3 aromatic rings. The first-order valence-corrected chi connectivity index (χ1v) is 7.21. The molecule has 1 N–H and O–H groups in total. The highest BCUT2D eigenvalue weighted by Gasteiger charge is 2.44. The molecule has 1 aromatic heterocycles. The predicted molar refractivity (Wildman–Crippen MR) is 81.3 cm³/mol. The zero-order valence-electron chi connectivity index (χ0n) is 11.7. The summed E-state index contributed by atoms with van der Waals surface area (Å²) in [5, 5.41) is 0. The summed E-state index contributed by atoms with van der Waals surface area (Å²) in [4.78, 5) is 16.6. The molecule has 1 heterocycles. The Hall–Kier alpha value is -2.69. The molecule has 0 saturated heterocycles. The topological polar surface area (TPSA) is 46.9 Å². The Labute approximate surface area is 126 Å². The van der Waals surface area contributed by atoms with Crippen LogP contribution in [0.25, 0.3) is 11.0 Å². The minimum atomic E-state index is -0.254. The summed E-state index contributed by atoms with van der Waals surface area (Å²) in [5.41, 5.74) is 5.60. The number of para-hydroxylation sites is 2. The Morgan fingerprint density at radius 1 is 1.18 bits per heavy atom. The molecule has 1 aliphatic carbocycles. The van der Waals surface area contributed by atoms with E-state index in [9.17, 15) is 9.18 Å². The third-order valence-electron chi connectivity index (χ3n) is 4.11. The van der Waals surface area contributed by atoms with E-state index in [-0.39, 0.29) is 23.6 Å². The van der Waals surface area contributed by atoms with Crippen molar-refractivity contribution < 1.29 is 9.18 Å². The van der Waals surface area contributed by atoms with E-state index >= 15 is 0 Å². The summed E-state index contributed by atoms with van der Waals surface area (Å²) in [6.07, 6.45) is 2.40. The van der Waals surface area contributed by atoms with Gasteiger partial charge in [-0.2, -0.15) is 0 Å². The van der Waals surface area contributed by atoms with Gasteiger partial charge in [-0.1, -0.05) is 24.3 Å². The van der Waals surface area contributed by atoms with E-state index in [1.54, 1.807) is 23.1 Å². The van der Waals surface area contributed by atoms with Crippen molar-refractivity contribution >= 4 is 16.9 Å². The number of benzene rings is 2. The molecule has 1 amide bonds. The number of rotatable bonds is 3. The van der Waals surface area contributed by atoms with E-state index in [0.717, 1.165) is 23.0 Å². The second kappa shape index (κ2) is 4.94. The van der Waals surface area contributed by atoms with Crippen molar-refractivity contribution in [2.45, 2.75) is 12.3 Å². The van der Waals surface area contributed by atoms with Gasteiger partial charge in [0.05, 0.1) is 11.0 Å². The van der Waals surface area contributed by atoms with Crippen molar-refractivity contribution in [3.05, 3.63) is 66.2 Å². The number of amides is 1. The Balaban J connectivity index is 1.48. The van der Waals surface area contributed by atoms with E-state index in [4.69, 9.17) is 0 Å². The van der Waals surface area contributed by atoms with Crippen molar-refractivity contribution in [2.24, 2.45) is 5.92 Å². The fourth-order valence-corrected chi connectivity index (χ4v) is 2.81. The van der Waals surface area contributed by atoms with Crippen LogP contribution in [0, 0.1) is 11.7 Å². The summed E-state index contributed by atoms with van der Waals surface area (Å²) in [6, 6.07) is 14.0. The van der Waals surface area contributed by atoms with Gasteiger partial charge >= 0.3 is 0 Å². The molecule has 0 bridgehead atoms. The summed E-state index contributed by atoms with van der Waals surface area (Å²) < 4.78 is 14.6. The molecular formula is C17H14FN3O. The first-order chi connectivity index (χ1) is 10.7. The van der Waals surface area contributed by atoms with Gasteiger partial charge in [0.1, 0.15) is 12.1 Å². The van der Waals surface area contributed by atoms with Crippen LogP contribution in [0.4, 0.5) is 4.39 Å². The molecule has 0 spiro atoms. The maximum Gasteiger partial charge on any atom is 0.242 e. The smallest absolute Gasteiger partial charge is 0.242 e. The molecule has 4 rings (SSSR count). The van der Waals surface area contributed by atoms with Crippen LogP contribution in [-0.4, -0.2) is 15.6 Å². The van der Waals surface area contributed by atoms with Crippen molar-refractivity contribution in [3.63, 3.8) is 0 Å². The van der Waals surface area contributed by atoms with Gasteiger partial charge in [0, 0.05) is 5.92 Å².